The van der Waals surface area contributed by atoms with Gasteiger partial charge < -0.3 is 10.8 Å². The highest BCUT2D eigenvalue weighted by molar-refractivity contribution is 6.01. The Hall–Kier alpha value is -2.88. The number of aryl methyl sites for hydroxylation is 1. The van der Waals surface area contributed by atoms with Gasteiger partial charge in [-0.2, -0.15) is 5.11 Å². The number of hydrogen-bond acceptors (Lipinski definition) is 4. The highest BCUT2D eigenvalue weighted by atomic mass is 16.3. The normalized spacial score (nSPS) is 11.3. The number of anilines is 1. The Kier molecular flexibility index (Phi) is 3.28. The molecule has 0 unspecified atom stereocenters. The molecule has 3 N–H and O–H groups in total. The molecule has 0 aliphatic heterocycles. The molecule has 0 amide bonds. The van der Waals surface area contributed by atoms with Crippen molar-refractivity contribution in [2.45, 2.75) is 6.92 Å². The molecule has 3 aromatic carbocycles. The molecule has 0 saturated heterocycles. The van der Waals surface area contributed by atoms with E-state index in [9.17, 15) is 5.11 Å². The van der Waals surface area contributed by atoms with Gasteiger partial charge >= 0.3 is 0 Å². The monoisotopic (exact) mass is 277 g/mol. The molecule has 104 valence electrons. The Bertz CT molecular complexity index is 823. The summed E-state index contributed by atoms with van der Waals surface area (Å²) in [5.41, 5.74) is 8.86. The minimum Gasteiger partial charge on any atom is -0.507 e. The number of nitrogens with two attached hydrogens (primary N) is 1. The van der Waals surface area contributed by atoms with Crippen molar-refractivity contribution in [1.82, 2.24) is 0 Å². The summed E-state index contributed by atoms with van der Waals surface area (Å²) in [6.07, 6.45) is 0. The van der Waals surface area contributed by atoms with E-state index >= 15 is 0 Å². The quantitative estimate of drug-likeness (QED) is 0.519. The highest BCUT2D eigenvalue weighted by Crippen LogP contribution is 2.38. The first-order valence-electron chi connectivity index (χ1n) is 6.64. The molecule has 21 heavy (non-hydrogen) atoms. The van der Waals surface area contributed by atoms with Crippen LogP contribution in [0.4, 0.5) is 17.1 Å². The minimum atomic E-state index is 0.151. The summed E-state index contributed by atoms with van der Waals surface area (Å²) in [4.78, 5) is 0. The van der Waals surface area contributed by atoms with Crippen molar-refractivity contribution in [1.29, 1.82) is 0 Å². The van der Waals surface area contributed by atoms with Crippen LogP contribution in [0.5, 0.6) is 5.75 Å². The summed E-state index contributed by atoms with van der Waals surface area (Å²) in [5.74, 6) is 0.151. The Balaban J connectivity index is 2.11. The zero-order valence-electron chi connectivity index (χ0n) is 11.6. The van der Waals surface area contributed by atoms with Crippen molar-refractivity contribution in [3.05, 3.63) is 60.2 Å². The second-order valence-corrected chi connectivity index (χ2v) is 4.91. The lowest BCUT2D eigenvalue weighted by atomic mass is 10.1. The minimum absolute atomic E-state index is 0.151. The lowest BCUT2D eigenvalue weighted by Crippen LogP contribution is -1.86. The number of aromatic hydroxyl groups is 1. The van der Waals surface area contributed by atoms with E-state index in [2.05, 4.69) is 10.2 Å². The van der Waals surface area contributed by atoms with E-state index in [1.807, 2.05) is 43.3 Å². The molecule has 3 aromatic rings. The maximum atomic E-state index is 10.1. The summed E-state index contributed by atoms with van der Waals surface area (Å²) < 4.78 is 0. The van der Waals surface area contributed by atoms with Gasteiger partial charge in [0.2, 0.25) is 0 Å². The average Bonchev–Trinajstić information content (AvgIpc) is 2.48. The first-order valence-corrected chi connectivity index (χ1v) is 6.64. The van der Waals surface area contributed by atoms with Crippen LogP contribution in [0, 0.1) is 6.92 Å². The number of nitrogens with zero attached hydrogens (tertiary/aromatic N) is 2. The molecule has 0 fully saturated rings. The van der Waals surface area contributed by atoms with E-state index in [0.717, 1.165) is 16.6 Å². The van der Waals surface area contributed by atoms with Crippen molar-refractivity contribution in [2.75, 3.05) is 5.73 Å². The summed E-state index contributed by atoms with van der Waals surface area (Å²) in [7, 11) is 0. The maximum absolute atomic E-state index is 10.1. The highest BCUT2D eigenvalue weighted by Gasteiger charge is 2.08. The van der Waals surface area contributed by atoms with E-state index in [0.29, 0.717) is 16.8 Å². The van der Waals surface area contributed by atoms with Crippen LogP contribution in [0.2, 0.25) is 0 Å². The molecule has 0 aliphatic carbocycles. The predicted molar refractivity (Wildman–Crippen MR) is 85.4 cm³/mol. The smallest absolute Gasteiger partial charge is 0.125 e. The summed E-state index contributed by atoms with van der Waals surface area (Å²) >= 11 is 0. The van der Waals surface area contributed by atoms with Gasteiger partial charge in [-0.3, -0.25) is 0 Å². The molecule has 0 bridgehead atoms. The first-order chi connectivity index (χ1) is 10.1. The summed E-state index contributed by atoms with van der Waals surface area (Å²) in [6, 6.07) is 16.7. The van der Waals surface area contributed by atoms with Crippen molar-refractivity contribution in [3.8, 4) is 5.75 Å². The van der Waals surface area contributed by atoms with E-state index in [4.69, 9.17) is 5.73 Å². The van der Waals surface area contributed by atoms with Gasteiger partial charge in [-0.25, -0.2) is 0 Å². The number of phenols is 1. The second-order valence-electron chi connectivity index (χ2n) is 4.91. The third-order valence-corrected chi connectivity index (χ3v) is 3.33. The lowest BCUT2D eigenvalue weighted by Gasteiger charge is -2.06. The fraction of sp³-hybridized carbons (Fsp3) is 0.0588. The average molecular weight is 277 g/mol. The molecule has 0 radical (unpaired) electrons. The Morgan fingerprint density at radius 3 is 2.43 bits per heavy atom. The molecule has 4 nitrogen and oxygen atoms in total. The van der Waals surface area contributed by atoms with Crippen LogP contribution < -0.4 is 5.73 Å². The van der Waals surface area contributed by atoms with E-state index in [1.54, 1.807) is 18.2 Å². The number of hydrogen-bond donors (Lipinski definition) is 2. The van der Waals surface area contributed by atoms with Crippen LogP contribution >= 0.6 is 0 Å². The van der Waals surface area contributed by atoms with Crippen LogP contribution in [-0.4, -0.2) is 5.11 Å². The van der Waals surface area contributed by atoms with Gasteiger partial charge in [-0.1, -0.05) is 35.9 Å². The Labute approximate surface area is 122 Å². The Morgan fingerprint density at radius 1 is 0.905 bits per heavy atom. The van der Waals surface area contributed by atoms with Crippen LogP contribution in [0.3, 0.4) is 0 Å². The molecule has 3 rings (SSSR count). The van der Waals surface area contributed by atoms with Gasteiger partial charge in [0.05, 0.1) is 16.8 Å². The SMILES string of the molecule is Cc1ccc(N=Nc2c(N)ccc3cccc(O)c23)cc1. The molecule has 0 aromatic heterocycles. The van der Waals surface area contributed by atoms with E-state index in [-0.39, 0.29) is 5.75 Å². The standard InChI is InChI=1S/C17H15N3O/c1-11-5-8-13(9-6-11)19-20-17-14(18)10-7-12-3-2-4-15(21)16(12)17/h2-10,21H,18H2,1H3. The molecular weight excluding hydrogens is 262 g/mol. The molecular formula is C17H15N3O. The van der Waals surface area contributed by atoms with Crippen molar-refractivity contribution in [2.24, 2.45) is 10.2 Å². The molecule has 0 heterocycles. The summed E-state index contributed by atoms with van der Waals surface area (Å²) in [6.45, 7) is 2.02. The third kappa shape index (κ3) is 2.56. The fourth-order valence-corrected chi connectivity index (χ4v) is 2.18. The fourth-order valence-electron chi connectivity index (χ4n) is 2.18. The Morgan fingerprint density at radius 2 is 1.67 bits per heavy atom. The van der Waals surface area contributed by atoms with Crippen molar-refractivity contribution >= 4 is 27.8 Å². The second kappa shape index (κ2) is 5.25. The van der Waals surface area contributed by atoms with Gasteiger partial charge in [-0.05, 0) is 36.6 Å². The van der Waals surface area contributed by atoms with E-state index in [1.165, 1.54) is 0 Å². The summed E-state index contributed by atoms with van der Waals surface area (Å²) in [5, 5.41) is 20.0. The number of phenolic OH excluding ortho intramolecular Hbond substituents is 1. The predicted octanol–water partition coefficient (Wildman–Crippen LogP) is 4.85. The van der Waals surface area contributed by atoms with Crippen LogP contribution in [-0.2, 0) is 0 Å². The van der Waals surface area contributed by atoms with Crippen LogP contribution in [0.15, 0.2) is 64.8 Å². The molecule has 4 heteroatoms. The van der Waals surface area contributed by atoms with E-state index < -0.39 is 0 Å². The largest absolute Gasteiger partial charge is 0.507 e. The van der Waals surface area contributed by atoms with Crippen molar-refractivity contribution < 1.29 is 5.11 Å². The van der Waals surface area contributed by atoms with Crippen LogP contribution in [0.25, 0.3) is 10.8 Å². The molecule has 0 spiro atoms. The number of nitrogen functional groups attached to an aromatic ring is 1. The van der Waals surface area contributed by atoms with Gasteiger partial charge in [0.25, 0.3) is 0 Å². The number of fused-ring (bicyclic) bond motifs is 1. The molecule has 0 atom stereocenters. The lowest BCUT2D eigenvalue weighted by molar-refractivity contribution is 0.482. The first kappa shape index (κ1) is 13.1. The number of rotatable bonds is 2. The third-order valence-electron chi connectivity index (χ3n) is 3.33. The van der Waals surface area contributed by atoms with Gasteiger partial charge in [0.15, 0.2) is 0 Å². The maximum Gasteiger partial charge on any atom is 0.125 e. The zero-order valence-corrected chi connectivity index (χ0v) is 11.6. The van der Waals surface area contributed by atoms with Gasteiger partial charge in [0, 0.05) is 0 Å². The number of benzene rings is 3. The van der Waals surface area contributed by atoms with Crippen molar-refractivity contribution in [3.63, 3.8) is 0 Å². The zero-order chi connectivity index (χ0) is 14.8. The van der Waals surface area contributed by atoms with Gasteiger partial charge in [-0.15, -0.1) is 5.11 Å². The molecule has 0 saturated carbocycles. The number of azo groups is 1. The topological polar surface area (TPSA) is 71.0 Å². The van der Waals surface area contributed by atoms with Gasteiger partial charge in [0.1, 0.15) is 11.4 Å². The molecule has 0 aliphatic rings. The van der Waals surface area contributed by atoms with Crippen LogP contribution in [0.1, 0.15) is 5.56 Å².